The lowest BCUT2D eigenvalue weighted by Gasteiger charge is -2.15. The third kappa shape index (κ3) is 6.02. The second-order valence-corrected chi connectivity index (χ2v) is 12.4. The number of benzene rings is 2. The van der Waals surface area contributed by atoms with Gasteiger partial charge in [0.05, 0.1) is 27.0 Å². The van der Waals surface area contributed by atoms with Crippen LogP contribution in [0, 0.1) is 0 Å². The molecule has 2 N–H and O–H groups in total. The molecule has 0 atom stereocenters. The fourth-order valence-corrected chi connectivity index (χ4v) is 7.09. The number of nitrogens with one attached hydrogen (secondary N) is 2. The smallest absolute Gasteiger partial charge is 0.341 e. The van der Waals surface area contributed by atoms with Gasteiger partial charge in [0.15, 0.2) is 0 Å². The normalized spacial score (nSPS) is 11.5. The number of sulfone groups is 1. The van der Waals surface area contributed by atoms with Crippen molar-refractivity contribution in [3.05, 3.63) is 94.9 Å². The summed E-state index contributed by atoms with van der Waals surface area (Å²) in [5.41, 5.74) is 2.97. The van der Waals surface area contributed by atoms with Gasteiger partial charge in [0.2, 0.25) is 9.84 Å². The van der Waals surface area contributed by atoms with E-state index >= 15 is 0 Å². The Bertz CT molecular complexity index is 1860. The highest BCUT2D eigenvalue weighted by Crippen LogP contribution is 2.40. The Morgan fingerprint density at radius 2 is 1.86 bits per heavy atom. The number of rotatable bonds is 10. The highest BCUT2D eigenvalue weighted by molar-refractivity contribution is 9.10. The van der Waals surface area contributed by atoms with Crippen LogP contribution < -0.4 is 10.1 Å². The Balaban J connectivity index is 1.61. The maximum atomic E-state index is 13.9. The number of nitrogens with zero attached hydrogens (tertiary/aromatic N) is 2. The Kier molecular flexibility index (Phi) is 8.60. The number of pyridine rings is 2. The van der Waals surface area contributed by atoms with Crippen molar-refractivity contribution in [2.24, 2.45) is 0 Å². The van der Waals surface area contributed by atoms with E-state index < -0.39 is 15.8 Å². The van der Waals surface area contributed by atoms with Gasteiger partial charge in [-0.2, -0.15) is 0 Å². The molecule has 0 bridgehead atoms. The third-order valence-electron chi connectivity index (χ3n) is 6.34. The van der Waals surface area contributed by atoms with Crippen LogP contribution in [-0.4, -0.2) is 42.0 Å². The molecule has 0 saturated heterocycles. The van der Waals surface area contributed by atoms with E-state index in [4.69, 9.17) is 9.47 Å². The van der Waals surface area contributed by atoms with Gasteiger partial charge in [-0.15, -0.1) is 0 Å². The van der Waals surface area contributed by atoms with Crippen LogP contribution in [0.3, 0.4) is 0 Å². The first-order valence-electron chi connectivity index (χ1n) is 13.3. The first-order valence-corrected chi connectivity index (χ1v) is 15.6. The van der Waals surface area contributed by atoms with E-state index in [1.807, 2.05) is 32.0 Å². The molecule has 3 heterocycles. The Hall–Kier alpha value is -4.22. The average molecular weight is 650 g/mol. The summed E-state index contributed by atoms with van der Waals surface area (Å²) in [6.45, 7) is 6.18. The lowest BCUT2D eigenvalue weighted by atomic mass is 10.0. The molecule has 2 aromatic carbocycles. The molecule has 0 spiro atoms. The summed E-state index contributed by atoms with van der Waals surface area (Å²) in [7, 11) is -3.90. The number of fused-ring (bicyclic) bond motifs is 1. The molecule has 0 amide bonds. The van der Waals surface area contributed by atoms with Gasteiger partial charge in [-0.3, -0.25) is 0 Å². The summed E-state index contributed by atoms with van der Waals surface area (Å²) in [5.74, 6) is 0.537. The first-order chi connectivity index (χ1) is 20.2. The van der Waals surface area contributed by atoms with E-state index in [0.717, 1.165) is 11.1 Å². The van der Waals surface area contributed by atoms with Gasteiger partial charge in [0.1, 0.15) is 22.8 Å². The molecule has 5 aromatic rings. The van der Waals surface area contributed by atoms with Crippen molar-refractivity contribution in [1.29, 1.82) is 0 Å². The molecule has 9 nitrogen and oxygen atoms in total. The number of aromatic nitrogens is 3. The molecule has 5 rings (SSSR count). The van der Waals surface area contributed by atoms with E-state index in [2.05, 4.69) is 36.2 Å². The number of anilines is 1. The second-order valence-electron chi connectivity index (χ2n) is 9.68. The standard InChI is InChI=1S/C31H29BrN4O5S/c1-4-40-31(37)24-11-8-12-33-29(24)34-16-20-13-21(15-22(14-20)41-19(2)3)25-17-35-30-27(25)28(26(32)18-36-30)42(38,39)23-9-6-5-7-10-23/h5-15,17-19H,4,16H2,1-3H3,(H,33,34)(H,35,36). The minimum absolute atomic E-state index is 0.0972. The molecule has 0 aliphatic carbocycles. The molecule has 0 aliphatic heterocycles. The monoisotopic (exact) mass is 648 g/mol. The van der Waals surface area contributed by atoms with Crippen LogP contribution in [0.15, 0.2) is 93.5 Å². The topological polar surface area (TPSA) is 123 Å². The van der Waals surface area contributed by atoms with Crippen LogP contribution in [0.5, 0.6) is 5.75 Å². The molecular formula is C31H29BrN4O5S. The Labute approximate surface area is 252 Å². The summed E-state index contributed by atoms with van der Waals surface area (Å²) < 4.78 is 39.3. The molecule has 0 unspecified atom stereocenters. The average Bonchev–Trinajstić information content (AvgIpc) is 3.40. The van der Waals surface area contributed by atoms with Gasteiger partial charge >= 0.3 is 5.97 Å². The quantitative estimate of drug-likeness (QED) is 0.159. The van der Waals surface area contributed by atoms with E-state index in [0.29, 0.717) is 44.7 Å². The molecule has 3 aromatic heterocycles. The van der Waals surface area contributed by atoms with Crippen molar-refractivity contribution in [1.82, 2.24) is 15.0 Å². The summed E-state index contributed by atoms with van der Waals surface area (Å²) in [5, 5.41) is 3.70. The van der Waals surface area contributed by atoms with Crippen molar-refractivity contribution in [3.8, 4) is 16.9 Å². The Morgan fingerprint density at radius 3 is 2.60 bits per heavy atom. The van der Waals surface area contributed by atoms with E-state index in [-0.39, 0.29) is 22.5 Å². The number of carbonyl (C=O) groups excluding carboxylic acids is 1. The number of aromatic amines is 1. The van der Waals surface area contributed by atoms with Crippen molar-refractivity contribution < 1.29 is 22.7 Å². The molecule has 0 aliphatic rings. The summed E-state index contributed by atoms with van der Waals surface area (Å²) in [6.07, 6.45) is 4.73. The maximum Gasteiger partial charge on any atom is 0.341 e. The van der Waals surface area contributed by atoms with Crippen molar-refractivity contribution in [2.75, 3.05) is 11.9 Å². The zero-order chi connectivity index (χ0) is 29.9. The van der Waals surface area contributed by atoms with Crippen LogP contribution in [0.1, 0.15) is 36.7 Å². The molecule has 216 valence electrons. The Morgan fingerprint density at radius 1 is 1.07 bits per heavy atom. The predicted molar refractivity (Wildman–Crippen MR) is 164 cm³/mol. The van der Waals surface area contributed by atoms with Crippen molar-refractivity contribution in [3.63, 3.8) is 0 Å². The molecular weight excluding hydrogens is 620 g/mol. The van der Waals surface area contributed by atoms with Gasteiger partial charge in [-0.25, -0.2) is 23.2 Å². The molecule has 0 fully saturated rings. The van der Waals surface area contributed by atoms with E-state index in [1.54, 1.807) is 61.8 Å². The van der Waals surface area contributed by atoms with Crippen LogP contribution in [0.2, 0.25) is 0 Å². The molecule has 42 heavy (non-hydrogen) atoms. The maximum absolute atomic E-state index is 13.9. The van der Waals surface area contributed by atoms with Crippen LogP contribution in [-0.2, 0) is 21.1 Å². The number of carbonyl (C=O) groups is 1. The highest BCUT2D eigenvalue weighted by atomic mass is 79.9. The molecule has 0 radical (unpaired) electrons. The van der Waals surface area contributed by atoms with Crippen molar-refractivity contribution >= 4 is 48.6 Å². The number of H-pyrrole nitrogens is 1. The van der Waals surface area contributed by atoms with Gasteiger partial charge in [0.25, 0.3) is 0 Å². The number of ether oxygens (including phenoxy) is 2. The van der Waals surface area contributed by atoms with Gasteiger partial charge in [0, 0.05) is 36.1 Å². The third-order valence-corrected chi connectivity index (χ3v) is 9.06. The highest BCUT2D eigenvalue weighted by Gasteiger charge is 2.27. The molecule has 0 saturated carbocycles. The van der Waals surface area contributed by atoms with Crippen LogP contribution >= 0.6 is 15.9 Å². The zero-order valence-electron chi connectivity index (χ0n) is 23.2. The first kappa shape index (κ1) is 29.3. The summed E-state index contributed by atoms with van der Waals surface area (Å²) >= 11 is 3.45. The second kappa shape index (κ2) is 12.3. The van der Waals surface area contributed by atoms with Crippen LogP contribution in [0.25, 0.3) is 22.2 Å². The number of esters is 1. The fraction of sp³-hybridized carbons (Fsp3) is 0.194. The van der Waals surface area contributed by atoms with E-state index in [9.17, 15) is 13.2 Å². The van der Waals surface area contributed by atoms with Crippen molar-refractivity contribution in [2.45, 2.75) is 43.2 Å². The minimum atomic E-state index is -3.90. The van der Waals surface area contributed by atoms with Gasteiger partial charge < -0.3 is 19.8 Å². The van der Waals surface area contributed by atoms with Crippen LogP contribution in [0.4, 0.5) is 5.82 Å². The SMILES string of the molecule is CCOC(=O)c1cccnc1NCc1cc(OC(C)C)cc(-c2c[nH]c3ncc(Br)c(S(=O)(=O)c4ccccc4)c23)c1. The molecule has 11 heteroatoms. The largest absolute Gasteiger partial charge is 0.491 e. The van der Waals surface area contributed by atoms with Gasteiger partial charge in [-0.05, 0) is 90.3 Å². The summed E-state index contributed by atoms with van der Waals surface area (Å²) in [6, 6.07) is 17.3. The lowest BCUT2D eigenvalue weighted by Crippen LogP contribution is -2.11. The number of hydrogen-bond acceptors (Lipinski definition) is 8. The summed E-state index contributed by atoms with van der Waals surface area (Å²) in [4.78, 5) is 24.7. The number of halogens is 1. The number of hydrogen-bond donors (Lipinski definition) is 2. The minimum Gasteiger partial charge on any atom is -0.491 e. The lowest BCUT2D eigenvalue weighted by molar-refractivity contribution is 0.0527. The van der Waals surface area contributed by atoms with E-state index in [1.165, 1.54) is 6.20 Å². The predicted octanol–water partition coefficient (Wildman–Crippen LogP) is 6.80. The fourth-order valence-electron chi connectivity index (χ4n) is 4.62. The zero-order valence-corrected chi connectivity index (χ0v) is 25.6. The van der Waals surface area contributed by atoms with Gasteiger partial charge in [-0.1, -0.05) is 18.2 Å².